The van der Waals surface area contributed by atoms with Crippen molar-refractivity contribution in [3.63, 3.8) is 0 Å². The van der Waals surface area contributed by atoms with Gasteiger partial charge < -0.3 is 0 Å². The number of halogens is 1. The number of hydrogen-bond donors (Lipinski definition) is 1. The Morgan fingerprint density at radius 2 is 2.05 bits per heavy atom. The minimum atomic E-state index is -3.64. The summed E-state index contributed by atoms with van der Waals surface area (Å²) in [7, 11) is -3.64. The molecule has 108 valence electrons. The van der Waals surface area contributed by atoms with Gasteiger partial charge in [0.25, 0.3) is 0 Å². The zero-order valence-electron chi connectivity index (χ0n) is 11.3. The summed E-state index contributed by atoms with van der Waals surface area (Å²) in [4.78, 5) is 0.0306. The second-order valence-corrected chi connectivity index (χ2v) is 7.30. The zero-order chi connectivity index (χ0) is 14.8. The molecule has 1 unspecified atom stereocenters. The maximum absolute atomic E-state index is 12.3. The van der Waals surface area contributed by atoms with Gasteiger partial charge in [-0.05, 0) is 43.9 Å². The van der Waals surface area contributed by atoms with E-state index in [0.717, 1.165) is 25.7 Å². The standard InChI is InChI=1S/C14H17ClN2O2S/c1-10(12-4-2-3-5-12)17-20(18,19)14-7-6-11(9-16)8-13(14)15/h6-8,10,12,17H,2-5H2,1H3. The van der Waals surface area contributed by atoms with E-state index in [0.29, 0.717) is 11.5 Å². The Labute approximate surface area is 124 Å². The van der Waals surface area contributed by atoms with Gasteiger partial charge in [-0.25, -0.2) is 13.1 Å². The molecule has 1 aromatic rings. The van der Waals surface area contributed by atoms with Gasteiger partial charge in [0.15, 0.2) is 0 Å². The van der Waals surface area contributed by atoms with Crippen LogP contribution in [0.1, 0.15) is 38.2 Å². The van der Waals surface area contributed by atoms with Crippen molar-refractivity contribution in [2.45, 2.75) is 43.5 Å². The largest absolute Gasteiger partial charge is 0.242 e. The molecule has 0 heterocycles. The molecule has 1 atom stereocenters. The van der Waals surface area contributed by atoms with Crippen LogP contribution in [-0.2, 0) is 10.0 Å². The Morgan fingerprint density at radius 1 is 1.40 bits per heavy atom. The average molecular weight is 313 g/mol. The summed E-state index contributed by atoms with van der Waals surface area (Å²) in [5.74, 6) is 0.391. The molecule has 20 heavy (non-hydrogen) atoms. The van der Waals surface area contributed by atoms with Crippen LogP contribution in [0.25, 0.3) is 0 Å². The quantitative estimate of drug-likeness (QED) is 0.928. The Bertz CT molecular complexity index is 631. The van der Waals surface area contributed by atoms with Crippen LogP contribution in [0.15, 0.2) is 23.1 Å². The van der Waals surface area contributed by atoms with Crippen LogP contribution in [0, 0.1) is 17.2 Å². The van der Waals surface area contributed by atoms with E-state index in [1.807, 2.05) is 13.0 Å². The Kier molecular flexibility index (Phi) is 4.69. The smallest absolute Gasteiger partial charge is 0.208 e. The first-order valence-electron chi connectivity index (χ1n) is 6.66. The number of rotatable bonds is 4. The minimum absolute atomic E-state index is 0.0306. The van der Waals surface area contributed by atoms with E-state index in [2.05, 4.69) is 4.72 Å². The van der Waals surface area contributed by atoms with Gasteiger partial charge in [-0.15, -0.1) is 0 Å². The maximum atomic E-state index is 12.3. The predicted octanol–water partition coefficient (Wildman–Crippen LogP) is 3.07. The molecule has 1 N–H and O–H groups in total. The van der Waals surface area contributed by atoms with E-state index in [-0.39, 0.29) is 16.0 Å². The lowest BCUT2D eigenvalue weighted by molar-refractivity contribution is 0.424. The minimum Gasteiger partial charge on any atom is -0.208 e. The van der Waals surface area contributed by atoms with Crippen molar-refractivity contribution in [2.24, 2.45) is 5.92 Å². The SMILES string of the molecule is CC(NS(=O)(=O)c1ccc(C#N)cc1Cl)C1CCCC1. The molecule has 0 aromatic heterocycles. The summed E-state index contributed by atoms with van der Waals surface area (Å²) in [5.41, 5.74) is 0.345. The Balaban J connectivity index is 2.20. The monoisotopic (exact) mass is 312 g/mol. The van der Waals surface area contributed by atoms with Crippen LogP contribution >= 0.6 is 11.6 Å². The van der Waals surface area contributed by atoms with Gasteiger partial charge in [0.2, 0.25) is 10.0 Å². The van der Waals surface area contributed by atoms with Crippen LogP contribution in [0.3, 0.4) is 0 Å². The molecule has 2 rings (SSSR count). The highest BCUT2D eigenvalue weighted by atomic mass is 35.5. The highest BCUT2D eigenvalue weighted by Gasteiger charge is 2.27. The summed E-state index contributed by atoms with van der Waals surface area (Å²) in [5, 5.41) is 8.85. The van der Waals surface area contributed by atoms with E-state index in [1.54, 1.807) is 0 Å². The molecule has 4 nitrogen and oxygen atoms in total. The first-order valence-corrected chi connectivity index (χ1v) is 8.52. The van der Waals surface area contributed by atoms with Gasteiger partial charge in [0, 0.05) is 6.04 Å². The van der Waals surface area contributed by atoms with Gasteiger partial charge in [0.05, 0.1) is 16.7 Å². The fraction of sp³-hybridized carbons (Fsp3) is 0.500. The van der Waals surface area contributed by atoms with Crippen molar-refractivity contribution in [1.82, 2.24) is 4.72 Å². The third kappa shape index (κ3) is 3.32. The summed E-state index contributed by atoms with van der Waals surface area (Å²) in [6, 6.07) is 6.04. The molecule has 1 aliphatic carbocycles. The summed E-state index contributed by atoms with van der Waals surface area (Å²) in [6.07, 6.45) is 4.44. The highest BCUT2D eigenvalue weighted by molar-refractivity contribution is 7.89. The number of hydrogen-bond acceptors (Lipinski definition) is 3. The second-order valence-electron chi connectivity index (χ2n) is 5.21. The number of nitriles is 1. The van der Waals surface area contributed by atoms with E-state index in [9.17, 15) is 8.42 Å². The molecule has 0 amide bonds. The molecule has 0 bridgehead atoms. The fourth-order valence-electron chi connectivity index (χ4n) is 2.65. The molecule has 0 saturated heterocycles. The van der Waals surface area contributed by atoms with E-state index in [1.165, 1.54) is 18.2 Å². The van der Waals surface area contributed by atoms with Gasteiger partial charge in [-0.3, -0.25) is 0 Å². The lowest BCUT2D eigenvalue weighted by atomic mass is 10.0. The fourth-order valence-corrected chi connectivity index (χ4v) is 4.51. The molecular weight excluding hydrogens is 296 g/mol. The van der Waals surface area contributed by atoms with Gasteiger partial charge in [-0.1, -0.05) is 24.4 Å². The van der Waals surface area contributed by atoms with Crippen LogP contribution in [0.4, 0.5) is 0 Å². The number of nitrogens with zero attached hydrogens (tertiary/aromatic N) is 1. The predicted molar refractivity (Wildman–Crippen MR) is 77.9 cm³/mol. The summed E-state index contributed by atoms with van der Waals surface area (Å²) in [6.45, 7) is 1.89. The normalized spacial score (nSPS) is 17.9. The molecule has 1 aromatic carbocycles. The van der Waals surface area contributed by atoms with E-state index in [4.69, 9.17) is 16.9 Å². The van der Waals surface area contributed by atoms with E-state index < -0.39 is 10.0 Å². The third-order valence-electron chi connectivity index (χ3n) is 3.80. The lowest BCUT2D eigenvalue weighted by Gasteiger charge is -2.20. The average Bonchev–Trinajstić information content (AvgIpc) is 2.91. The van der Waals surface area contributed by atoms with Crippen molar-refractivity contribution in [3.8, 4) is 6.07 Å². The zero-order valence-corrected chi connectivity index (χ0v) is 12.8. The molecular formula is C14H17ClN2O2S. The number of nitrogens with one attached hydrogen (secondary N) is 1. The summed E-state index contributed by atoms with van der Waals surface area (Å²) >= 11 is 5.97. The molecule has 0 aliphatic heterocycles. The van der Waals surface area contributed by atoms with E-state index >= 15 is 0 Å². The Morgan fingerprint density at radius 3 is 2.60 bits per heavy atom. The third-order valence-corrected chi connectivity index (χ3v) is 5.84. The first kappa shape index (κ1) is 15.3. The van der Waals surface area contributed by atoms with Gasteiger partial charge in [0.1, 0.15) is 4.90 Å². The van der Waals surface area contributed by atoms with Crippen molar-refractivity contribution in [3.05, 3.63) is 28.8 Å². The summed E-state index contributed by atoms with van der Waals surface area (Å²) < 4.78 is 27.4. The van der Waals surface area contributed by atoms with Crippen molar-refractivity contribution in [2.75, 3.05) is 0 Å². The number of sulfonamides is 1. The Hall–Kier alpha value is -1.09. The lowest BCUT2D eigenvalue weighted by Crippen LogP contribution is -2.37. The molecule has 1 aliphatic rings. The van der Waals surface area contributed by atoms with Crippen molar-refractivity contribution >= 4 is 21.6 Å². The maximum Gasteiger partial charge on any atom is 0.242 e. The molecule has 1 saturated carbocycles. The first-order chi connectivity index (χ1) is 9.44. The van der Waals surface area contributed by atoms with Crippen LogP contribution in [-0.4, -0.2) is 14.5 Å². The van der Waals surface area contributed by atoms with Gasteiger partial charge in [-0.2, -0.15) is 5.26 Å². The van der Waals surface area contributed by atoms with Crippen molar-refractivity contribution in [1.29, 1.82) is 5.26 Å². The van der Waals surface area contributed by atoms with Crippen LogP contribution in [0.5, 0.6) is 0 Å². The molecule has 0 radical (unpaired) electrons. The van der Waals surface area contributed by atoms with Crippen LogP contribution < -0.4 is 4.72 Å². The van der Waals surface area contributed by atoms with Crippen LogP contribution in [0.2, 0.25) is 5.02 Å². The van der Waals surface area contributed by atoms with Gasteiger partial charge >= 0.3 is 0 Å². The highest BCUT2D eigenvalue weighted by Crippen LogP contribution is 2.29. The second kappa shape index (κ2) is 6.13. The molecule has 6 heteroatoms. The van der Waals surface area contributed by atoms with Crippen molar-refractivity contribution < 1.29 is 8.42 Å². The number of benzene rings is 1. The topological polar surface area (TPSA) is 70.0 Å². The molecule has 0 spiro atoms. The molecule has 1 fully saturated rings.